The van der Waals surface area contributed by atoms with Gasteiger partial charge in [-0.2, -0.15) is 10.5 Å². The van der Waals surface area contributed by atoms with Gasteiger partial charge in [0, 0.05) is 151 Å². The van der Waals surface area contributed by atoms with Crippen LogP contribution < -0.4 is 30.2 Å². The van der Waals surface area contributed by atoms with Crippen molar-refractivity contribution >= 4 is 44.6 Å². The fourth-order valence-corrected chi connectivity index (χ4v) is 11.8. The number of benzene rings is 2. The molecule has 72 heavy (non-hydrogen) atoms. The molecule has 4 aromatic heterocycles. The lowest BCUT2D eigenvalue weighted by Crippen LogP contribution is -2.54. The van der Waals surface area contributed by atoms with Crippen molar-refractivity contribution in [2.45, 2.75) is 77.3 Å². The van der Waals surface area contributed by atoms with Gasteiger partial charge in [-0.05, 0) is 99.5 Å². The number of fused-ring (bicyclic) bond motifs is 4. The number of pyridine rings is 4. The molecule has 6 aliphatic rings. The third-order valence-electron chi connectivity index (χ3n) is 15.5. The fraction of sp³-hybridized carbons (Fsp3) is 0.464. The number of hydrogen-bond acceptors (Lipinski definition) is 16. The van der Waals surface area contributed by atoms with E-state index in [0.29, 0.717) is 23.2 Å². The molecule has 6 atom stereocenters. The summed E-state index contributed by atoms with van der Waals surface area (Å²) in [6, 6.07) is 25.8. The van der Waals surface area contributed by atoms with E-state index >= 15 is 0 Å². The van der Waals surface area contributed by atoms with E-state index in [1.165, 1.54) is 33.9 Å². The third kappa shape index (κ3) is 10.00. The standard InChI is InChI=1S/2C28H33N7O/c2*1-19-16-35(26-6-5-21(13-29)28-25(26)4-3-7-30-28)18-24(36-19)17-33-8-10-34(11-9-33)23-12-22-14-31-20(2)27(22)32-15-23/h2*3-7,12,15,19-20,24,31H,8-11,14,16-18H2,1-2H3/t19-,20+,24+;19-,20-,24+/m11/s1. The van der Waals surface area contributed by atoms with Crippen molar-refractivity contribution in [3.8, 4) is 12.1 Å². The van der Waals surface area contributed by atoms with Crippen LogP contribution in [0.3, 0.4) is 0 Å². The van der Waals surface area contributed by atoms with Crippen LogP contribution in [-0.2, 0) is 22.6 Å². The molecular formula is C56H66N14O2. The SMILES string of the molecule is C[C@@H]1CN(c2ccc(C#N)c3ncccc23)C[C@H](CN2CCN(c3cnc4c(c3)CN[C@@H]4C)CC2)O1.C[C@@H]1CN(c2ccc(C#N)c3ncccc23)C[C@H](CN2CCN(c3cnc4c(c3)CN[C@H]4C)CC2)O1. The Morgan fingerprint density at radius 2 is 0.972 bits per heavy atom. The van der Waals surface area contributed by atoms with Crippen LogP contribution in [0, 0.1) is 22.7 Å². The van der Waals surface area contributed by atoms with E-state index in [0.717, 1.165) is 138 Å². The van der Waals surface area contributed by atoms with Gasteiger partial charge in [0.1, 0.15) is 12.1 Å². The normalized spacial score (nSPS) is 24.6. The summed E-state index contributed by atoms with van der Waals surface area (Å²) in [4.78, 5) is 33.3. The molecule has 10 heterocycles. The summed E-state index contributed by atoms with van der Waals surface area (Å²) >= 11 is 0. The molecule has 0 spiro atoms. The number of nitrogens with one attached hydrogen (secondary N) is 2. The summed E-state index contributed by atoms with van der Waals surface area (Å²) in [7, 11) is 0. The largest absolute Gasteiger partial charge is 0.370 e. The van der Waals surface area contributed by atoms with Gasteiger partial charge in [-0.15, -0.1) is 0 Å². The summed E-state index contributed by atoms with van der Waals surface area (Å²) in [6.45, 7) is 23.7. The van der Waals surface area contributed by atoms with Crippen LogP contribution in [0.2, 0.25) is 0 Å². The highest BCUT2D eigenvalue weighted by molar-refractivity contribution is 5.96. The molecule has 0 aliphatic carbocycles. The van der Waals surface area contributed by atoms with Crippen LogP contribution in [-0.4, -0.2) is 146 Å². The zero-order valence-electron chi connectivity index (χ0n) is 42.0. The van der Waals surface area contributed by atoms with Gasteiger partial charge < -0.3 is 39.7 Å². The number of nitrogens with zero attached hydrogens (tertiary/aromatic N) is 12. The molecule has 2 aromatic carbocycles. The van der Waals surface area contributed by atoms with E-state index < -0.39 is 0 Å². The number of morpholine rings is 2. The van der Waals surface area contributed by atoms with Crippen molar-refractivity contribution in [3.63, 3.8) is 0 Å². The van der Waals surface area contributed by atoms with Crippen molar-refractivity contribution in [2.75, 3.05) is 111 Å². The van der Waals surface area contributed by atoms with Gasteiger partial charge in [0.25, 0.3) is 0 Å². The Hall–Kier alpha value is -6.50. The molecular weight excluding hydrogens is 901 g/mol. The van der Waals surface area contributed by atoms with Crippen LogP contribution in [0.1, 0.15) is 73.4 Å². The number of ether oxygens (including phenoxy) is 2. The van der Waals surface area contributed by atoms with E-state index in [9.17, 15) is 10.5 Å². The highest BCUT2D eigenvalue weighted by Crippen LogP contribution is 2.34. The maximum atomic E-state index is 9.51. The third-order valence-corrected chi connectivity index (χ3v) is 15.5. The molecule has 4 saturated heterocycles. The lowest BCUT2D eigenvalue weighted by atomic mass is 10.1. The van der Waals surface area contributed by atoms with Crippen LogP contribution >= 0.6 is 0 Å². The van der Waals surface area contributed by atoms with Crippen LogP contribution in [0.25, 0.3) is 21.8 Å². The summed E-state index contributed by atoms with van der Waals surface area (Å²) in [5.41, 5.74) is 12.6. The second-order valence-corrected chi connectivity index (χ2v) is 20.5. The first-order valence-corrected chi connectivity index (χ1v) is 25.9. The summed E-state index contributed by atoms with van der Waals surface area (Å²) in [5.74, 6) is 0. The van der Waals surface area contributed by atoms with Crippen molar-refractivity contribution in [2.24, 2.45) is 0 Å². The minimum absolute atomic E-state index is 0.136. The van der Waals surface area contributed by atoms with Gasteiger partial charge in [-0.25, -0.2) is 0 Å². The van der Waals surface area contributed by atoms with Crippen molar-refractivity contribution in [1.82, 2.24) is 40.4 Å². The van der Waals surface area contributed by atoms with E-state index in [1.54, 1.807) is 12.4 Å². The molecule has 12 rings (SSSR count). The first-order valence-electron chi connectivity index (χ1n) is 25.9. The van der Waals surface area contributed by atoms with Crippen molar-refractivity contribution < 1.29 is 9.47 Å². The second kappa shape index (κ2) is 20.9. The van der Waals surface area contributed by atoms with Gasteiger partial charge in [-0.3, -0.25) is 29.7 Å². The van der Waals surface area contributed by atoms with E-state index in [4.69, 9.17) is 19.4 Å². The Bertz CT molecular complexity index is 2790. The number of piperazine rings is 2. The zero-order chi connectivity index (χ0) is 49.3. The van der Waals surface area contributed by atoms with Gasteiger partial charge >= 0.3 is 0 Å². The number of nitriles is 2. The number of rotatable bonds is 8. The first-order chi connectivity index (χ1) is 35.2. The molecule has 0 unspecified atom stereocenters. The number of hydrogen-bond donors (Lipinski definition) is 2. The Morgan fingerprint density at radius 1 is 0.542 bits per heavy atom. The van der Waals surface area contributed by atoms with Crippen LogP contribution in [0.5, 0.6) is 0 Å². The highest BCUT2D eigenvalue weighted by atomic mass is 16.5. The number of anilines is 4. The molecule has 372 valence electrons. The van der Waals surface area contributed by atoms with Crippen molar-refractivity contribution in [3.05, 3.63) is 119 Å². The molecule has 0 amide bonds. The van der Waals surface area contributed by atoms with E-state index in [-0.39, 0.29) is 24.4 Å². The van der Waals surface area contributed by atoms with Gasteiger partial charge in [0.15, 0.2) is 0 Å². The predicted octanol–water partition coefficient (Wildman–Crippen LogP) is 6.16. The molecule has 6 aliphatic heterocycles. The fourth-order valence-electron chi connectivity index (χ4n) is 11.8. The minimum atomic E-state index is 0.136. The average molecular weight is 967 g/mol. The molecule has 16 heteroatoms. The average Bonchev–Trinajstić information content (AvgIpc) is 3.98. The smallest absolute Gasteiger partial charge is 0.101 e. The second-order valence-electron chi connectivity index (χ2n) is 20.5. The Kier molecular flexibility index (Phi) is 13.9. The monoisotopic (exact) mass is 967 g/mol. The summed E-state index contributed by atoms with van der Waals surface area (Å²) in [6.07, 6.45) is 8.15. The lowest BCUT2D eigenvalue weighted by molar-refractivity contribution is -0.0329. The minimum Gasteiger partial charge on any atom is -0.370 e. The highest BCUT2D eigenvalue weighted by Gasteiger charge is 2.32. The maximum Gasteiger partial charge on any atom is 0.101 e. The topological polar surface area (TPSA) is 161 Å². The van der Waals surface area contributed by atoms with E-state index in [2.05, 4.69) is 126 Å². The molecule has 6 aromatic rings. The quantitative estimate of drug-likeness (QED) is 0.178. The van der Waals surface area contributed by atoms with Gasteiger partial charge in [-0.1, -0.05) is 0 Å². The Labute approximate surface area is 423 Å². The van der Waals surface area contributed by atoms with Crippen molar-refractivity contribution in [1.29, 1.82) is 10.5 Å². The van der Waals surface area contributed by atoms with Gasteiger partial charge in [0.05, 0.1) is 81.7 Å². The molecule has 0 saturated carbocycles. The lowest BCUT2D eigenvalue weighted by Gasteiger charge is -2.42. The first kappa shape index (κ1) is 47.8. The molecule has 2 N–H and O–H groups in total. The predicted molar refractivity (Wildman–Crippen MR) is 282 cm³/mol. The molecule has 16 nitrogen and oxygen atoms in total. The Balaban J connectivity index is 0.000000156. The van der Waals surface area contributed by atoms with Crippen LogP contribution in [0.15, 0.2) is 85.5 Å². The molecule has 4 fully saturated rings. The Morgan fingerprint density at radius 3 is 1.39 bits per heavy atom. The number of aromatic nitrogens is 4. The summed E-state index contributed by atoms with van der Waals surface area (Å²) < 4.78 is 12.8. The zero-order valence-corrected chi connectivity index (χ0v) is 42.0. The maximum absolute atomic E-state index is 9.51. The van der Waals surface area contributed by atoms with Crippen LogP contribution in [0.4, 0.5) is 22.7 Å². The summed E-state index contributed by atoms with van der Waals surface area (Å²) in [5, 5.41) is 28.0. The van der Waals surface area contributed by atoms with Gasteiger partial charge in [0.2, 0.25) is 0 Å². The molecule has 0 bridgehead atoms. The van der Waals surface area contributed by atoms with E-state index in [1.807, 2.05) is 36.7 Å². The molecule has 0 radical (unpaired) electrons.